The molecule has 2 N–H and O–H groups in total. The molecule has 2 rings (SSSR count). The van der Waals surface area contributed by atoms with Gasteiger partial charge in [-0.05, 0) is 31.6 Å². The summed E-state index contributed by atoms with van der Waals surface area (Å²) in [6.45, 7) is 8.50. The van der Waals surface area contributed by atoms with Gasteiger partial charge in [0.05, 0.1) is 12.1 Å². The average Bonchev–Trinajstić information content (AvgIpc) is 2.88. The largest absolute Gasteiger partial charge is 0.508 e. The van der Waals surface area contributed by atoms with Crippen molar-refractivity contribution in [2.24, 2.45) is 0 Å². The SMILES string of the molecule is CCN(CC)C1CCN(CC(=O)c2ccc(O)cc2O)C1. The summed E-state index contributed by atoms with van der Waals surface area (Å²) in [5.41, 5.74) is 0.277. The van der Waals surface area contributed by atoms with Crippen molar-refractivity contribution in [3.63, 3.8) is 0 Å². The number of benzene rings is 1. The van der Waals surface area contributed by atoms with Gasteiger partial charge >= 0.3 is 0 Å². The number of Topliss-reactive ketones (excluding diaryl/α,β-unsaturated/α-hetero) is 1. The zero-order valence-electron chi connectivity index (χ0n) is 12.7. The Morgan fingerprint density at radius 1 is 1.33 bits per heavy atom. The molecule has 0 aliphatic carbocycles. The minimum Gasteiger partial charge on any atom is -0.508 e. The van der Waals surface area contributed by atoms with Crippen LogP contribution in [0, 0.1) is 0 Å². The predicted molar refractivity (Wildman–Crippen MR) is 81.9 cm³/mol. The summed E-state index contributed by atoms with van der Waals surface area (Å²) in [5.74, 6) is -0.293. The Morgan fingerprint density at radius 2 is 2.05 bits per heavy atom. The highest BCUT2D eigenvalue weighted by Gasteiger charge is 2.27. The van der Waals surface area contributed by atoms with Crippen LogP contribution < -0.4 is 0 Å². The van der Waals surface area contributed by atoms with Crippen LogP contribution in [0.3, 0.4) is 0 Å². The minimum atomic E-state index is -0.153. The van der Waals surface area contributed by atoms with E-state index in [0.717, 1.165) is 32.6 Å². The summed E-state index contributed by atoms with van der Waals surface area (Å²) in [6, 6.07) is 4.62. The van der Waals surface area contributed by atoms with Gasteiger partial charge in [0.25, 0.3) is 0 Å². The number of hydrogen-bond acceptors (Lipinski definition) is 5. The Morgan fingerprint density at radius 3 is 2.67 bits per heavy atom. The highest BCUT2D eigenvalue weighted by molar-refractivity contribution is 6.00. The Bertz CT molecular complexity index is 500. The zero-order valence-corrected chi connectivity index (χ0v) is 12.7. The maximum atomic E-state index is 12.3. The Hall–Kier alpha value is -1.59. The molecule has 5 heteroatoms. The molecule has 0 bridgehead atoms. The lowest BCUT2D eigenvalue weighted by Crippen LogP contribution is -2.38. The number of ketones is 1. The molecule has 0 spiro atoms. The first-order valence-corrected chi connectivity index (χ1v) is 7.56. The average molecular weight is 292 g/mol. The van der Waals surface area contributed by atoms with E-state index in [9.17, 15) is 15.0 Å². The number of rotatable bonds is 6. The number of nitrogens with zero attached hydrogens (tertiary/aromatic N) is 2. The van der Waals surface area contributed by atoms with E-state index in [-0.39, 0.29) is 22.8 Å². The van der Waals surface area contributed by atoms with E-state index in [1.807, 2.05) is 0 Å². The third-order valence-electron chi connectivity index (χ3n) is 4.23. The molecule has 1 heterocycles. The first-order valence-electron chi connectivity index (χ1n) is 7.56. The van der Waals surface area contributed by atoms with Gasteiger partial charge in [0.2, 0.25) is 0 Å². The molecule has 0 amide bonds. The number of carbonyl (C=O) groups excluding carboxylic acids is 1. The van der Waals surface area contributed by atoms with Crippen LogP contribution in [0.15, 0.2) is 18.2 Å². The van der Waals surface area contributed by atoms with Crippen molar-refractivity contribution < 1.29 is 15.0 Å². The molecule has 0 aromatic heterocycles. The zero-order chi connectivity index (χ0) is 15.4. The van der Waals surface area contributed by atoms with E-state index < -0.39 is 0 Å². The van der Waals surface area contributed by atoms with Crippen LogP contribution in [0.25, 0.3) is 0 Å². The van der Waals surface area contributed by atoms with Crippen molar-refractivity contribution in [3.8, 4) is 11.5 Å². The molecule has 21 heavy (non-hydrogen) atoms. The monoisotopic (exact) mass is 292 g/mol. The van der Waals surface area contributed by atoms with Crippen LogP contribution >= 0.6 is 0 Å². The summed E-state index contributed by atoms with van der Waals surface area (Å²) in [6.07, 6.45) is 1.08. The van der Waals surface area contributed by atoms with E-state index in [0.29, 0.717) is 12.6 Å². The van der Waals surface area contributed by atoms with Crippen molar-refractivity contribution >= 4 is 5.78 Å². The highest BCUT2D eigenvalue weighted by atomic mass is 16.3. The van der Waals surface area contributed by atoms with E-state index in [4.69, 9.17) is 0 Å². The van der Waals surface area contributed by atoms with Crippen molar-refractivity contribution in [1.82, 2.24) is 9.80 Å². The lowest BCUT2D eigenvalue weighted by atomic mass is 10.1. The van der Waals surface area contributed by atoms with Gasteiger partial charge in [-0.3, -0.25) is 14.6 Å². The predicted octanol–water partition coefficient (Wildman–Crippen LogP) is 1.70. The molecule has 1 saturated heterocycles. The normalized spacial score (nSPS) is 19.3. The lowest BCUT2D eigenvalue weighted by Gasteiger charge is -2.26. The first-order chi connectivity index (χ1) is 10.0. The van der Waals surface area contributed by atoms with Crippen LogP contribution in [0.4, 0.5) is 0 Å². The Labute approximate surface area is 125 Å². The van der Waals surface area contributed by atoms with Crippen LogP contribution in [-0.4, -0.2) is 64.6 Å². The van der Waals surface area contributed by atoms with Crippen molar-refractivity contribution in [1.29, 1.82) is 0 Å². The topological polar surface area (TPSA) is 64.0 Å². The van der Waals surface area contributed by atoms with Crippen molar-refractivity contribution in [3.05, 3.63) is 23.8 Å². The molecule has 1 aromatic rings. The summed E-state index contributed by atoms with van der Waals surface area (Å²) >= 11 is 0. The van der Waals surface area contributed by atoms with Gasteiger partial charge in [-0.15, -0.1) is 0 Å². The molecule has 1 atom stereocenters. The molecular formula is C16H24N2O3. The quantitative estimate of drug-likeness (QED) is 0.781. The van der Waals surface area contributed by atoms with Crippen LogP contribution in [-0.2, 0) is 0 Å². The number of phenols is 2. The number of likely N-dealkylation sites (N-methyl/N-ethyl adjacent to an activating group) is 1. The molecule has 116 valence electrons. The Kier molecular flexibility index (Phi) is 5.20. The fourth-order valence-electron chi connectivity index (χ4n) is 3.04. The fourth-order valence-corrected chi connectivity index (χ4v) is 3.04. The highest BCUT2D eigenvalue weighted by Crippen LogP contribution is 2.24. The van der Waals surface area contributed by atoms with Gasteiger partial charge in [0.1, 0.15) is 11.5 Å². The van der Waals surface area contributed by atoms with Gasteiger partial charge in [0.15, 0.2) is 5.78 Å². The molecule has 1 aliphatic rings. The number of aromatic hydroxyl groups is 2. The smallest absolute Gasteiger partial charge is 0.180 e. The van der Waals surface area contributed by atoms with Crippen LogP contribution in [0.1, 0.15) is 30.6 Å². The standard InChI is InChI=1S/C16H24N2O3/c1-3-18(4-2)12-7-8-17(10-12)11-16(21)14-6-5-13(19)9-15(14)20/h5-6,9,12,19-20H,3-4,7-8,10-11H2,1-2H3. The first kappa shape index (κ1) is 15.8. The van der Waals surface area contributed by atoms with Gasteiger partial charge in [-0.2, -0.15) is 0 Å². The second-order valence-electron chi connectivity index (χ2n) is 5.52. The molecular weight excluding hydrogens is 268 g/mol. The number of likely N-dealkylation sites (tertiary alicyclic amines) is 1. The summed E-state index contributed by atoms with van der Waals surface area (Å²) < 4.78 is 0. The minimum absolute atomic E-state index is 0.0354. The van der Waals surface area contributed by atoms with Crippen molar-refractivity contribution in [2.75, 3.05) is 32.7 Å². The maximum Gasteiger partial charge on any atom is 0.180 e. The van der Waals surface area contributed by atoms with Crippen LogP contribution in [0.2, 0.25) is 0 Å². The second-order valence-corrected chi connectivity index (χ2v) is 5.52. The third kappa shape index (κ3) is 3.74. The number of hydrogen-bond donors (Lipinski definition) is 2. The van der Waals surface area contributed by atoms with E-state index >= 15 is 0 Å². The van der Waals surface area contributed by atoms with Crippen LogP contribution in [0.5, 0.6) is 11.5 Å². The Balaban J connectivity index is 1.95. The lowest BCUT2D eigenvalue weighted by molar-refractivity contribution is 0.0937. The second kappa shape index (κ2) is 6.91. The summed E-state index contributed by atoms with van der Waals surface area (Å²) in [7, 11) is 0. The molecule has 0 saturated carbocycles. The van der Waals surface area contributed by atoms with E-state index in [2.05, 4.69) is 23.6 Å². The molecule has 5 nitrogen and oxygen atoms in total. The van der Waals surface area contributed by atoms with Gasteiger partial charge in [-0.1, -0.05) is 13.8 Å². The van der Waals surface area contributed by atoms with Gasteiger partial charge in [-0.25, -0.2) is 0 Å². The number of phenolic OH excluding ortho intramolecular Hbond substituents is 2. The molecule has 1 unspecified atom stereocenters. The number of carbonyl (C=O) groups is 1. The third-order valence-corrected chi connectivity index (χ3v) is 4.23. The summed E-state index contributed by atoms with van der Waals surface area (Å²) in [4.78, 5) is 16.8. The molecule has 1 aromatic carbocycles. The maximum absolute atomic E-state index is 12.3. The fraction of sp³-hybridized carbons (Fsp3) is 0.562. The van der Waals surface area contributed by atoms with E-state index in [1.54, 1.807) is 0 Å². The van der Waals surface area contributed by atoms with Gasteiger partial charge in [0, 0.05) is 25.2 Å². The molecule has 0 radical (unpaired) electrons. The van der Waals surface area contributed by atoms with E-state index in [1.165, 1.54) is 18.2 Å². The summed E-state index contributed by atoms with van der Waals surface area (Å²) in [5, 5.41) is 19.0. The molecule has 1 aliphatic heterocycles. The van der Waals surface area contributed by atoms with Gasteiger partial charge < -0.3 is 10.2 Å². The molecule has 1 fully saturated rings. The van der Waals surface area contributed by atoms with Crippen molar-refractivity contribution in [2.45, 2.75) is 26.3 Å².